The van der Waals surface area contributed by atoms with Crippen LogP contribution < -0.4 is 5.32 Å². The lowest BCUT2D eigenvalue weighted by molar-refractivity contribution is 0.111. The predicted molar refractivity (Wildman–Crippen MR) is 64.1 cm³/mol. The molecule has 0 aliphatic carbocycles. The van der Waals surface area contributed by atoms with E-state index in [0.29, 0.717) is 5.41 Å². The molecule has 1 spiro atoms. The van der Waals surface area contributed by atoms with Crippen LogP contribution in [0.2, 0.25) is 0 Å². The van der Waals surface area contributed by atoms with Gasteiger partial charge in [-0.25, -0.2) is 0 Å². The molecule has 0 amide bonds. The summed E-state index contributed by atoms with van der Waals surface area (Å²) in [6.45, 7) is 7.64. The monoisotopic (exact) mass is 211 g/mol. The fourth-order valence-corrected chi connectivity index (χ4v) is 3.09. The lowest BCUT2D eigenvalue weighted by Crippen LogP contribution is -2.43. The minimum Gasteiger partial charge on any atom is -0.318 e. The molecule has 0 atom stereocenters. The van der Waals surface area contributed by atoms with Gasteiger partial charge in [0.25, 0.3) is 0 Å². The van der Waals surface area contributed by atoms with E-state index < -0.39 is 0 Å². The number of likely N-dealkylation sites (tertiary alicyclic amines) is 2. The minimum absolute atomic E-state index is 0.685. The SMILES string of the molecule is CNCCN1CCC2(CCN(C)C2)CC1. The third-order valence-corrected chi connectivity index (χ3v) is 4.22. The van der Waals surface area contributed by atoms with E-state index in [2.05, 4.69) is 22.2 Å². The molecule has 88 valence electrons. The van der Waals surface area contributed by atoms with Crippen LogP contribution in [0.15, 0.2) is 0 Å². The van der Waals surface area contributed by atoms with Crippen molar-refractivity contribution in [2.75, 3.05) is 53.4 Å². The highest BCUT2D eigenvalue weighted by Crippen LogP contribution is 2.39. The molecule has 2 heterocycles. The van der Waals surface area contributed by atoms with Crippen molar-refractivity contribution >= 4 is 0 Å². The maximum Gasteiger partial charge on any atom is 0.0107 e. The van der Waals surface area contributed by atoms with Gasteiger partial charge in [-0.15, -0.1) is 0 Å². The molecule has 2 aliphatic heterocycles. The second-order valence-electron chi connectivity index (χ2n) is 5.43. The molecule has 0 aromatic carbocycles. The van der Waals surface area contributed by atoms with Gasteiger partial charge in [-0.05, 0) is 58.4 Å². The van der Waals surface area contributed by atoms with E-state index >= 15 is 0 Å². The van der Waals surface area contributed by atoms with E-state index in [0.717, 1.165) is 6.54 Å². The molecular weight excluding hydrogens is 186 g/mol. The van der Waals surface area contributed by atoms with Crippen molar-refractivity contribution in [1.82, 2.24) is 15.1 Å². The van der Waals surface area contributed by atoms with Crippen LogP contribution in [-0.4, -0.2) is 63.2 Å². The molecule has 2 rings (SSSR count). The molecule has 0 aromatic rings. The Bertz CT molecular complexity index is 197. The summed E-state index contributed by atoms with van der Waals surface area (Å²) < 4.78 is 0. The fourth-order valence-electron chi connectivity index (χ4n) is 3.09. The minimum atomic E-state index is 0.685. The van der Waals surface area contributed by atoms with Crippen molar-refractivity contribution in [3.8, 4) is 0 Å². The van der Waals surface area contributed by atoms with Gasteiger partial charge in [0, 0.05) is 19.6 Å². The van der Waals surface area contributed by atoms with Crippen molar-refractivity contribution in [2.24, 2.45) is 5.41 Å². The predicted octanol–water partition coefficient (Wildman–Crippen LogP) is 0.624. The molecule has 15 heavy (non-hydrogen) atoms. The van der Waals surface area contributed by atoms with E-state index in [1.807, 2.05) is 7.05 Å². The summed E-state index contributed by atoms with van der Waals surface area (Å²) in [5.74, 6) is 0. The van der Waals surface area contributed by atoms with E-state index in [1.165, 1.54) is 52.0 Å². The topological polar surface area (TPSA) is 18.5 Å². The van der Waals surface area contributed by atoms with Gasteiger partial charge in [-0.1, -0.05) is 0 Å². The summed E-state index contributed by atoms with van der Waals surface area (Å²) in [5, 5.41) is 3.23. The molecule has 0 saturated carbocycles. The summed E-state index contributed by atoms with van der Waals surface area (Å²) in [6, 6.07) is 0. The Morgan fingerprint density at radius 3 is 2.33 bits per heavy atom. The van der Waals surface area contributed by atoms with E-state index in [-0.39, 0.29) is 0 Å². The highest BCUT2D eigenvalue weighted by atomic mass is 15.2. The number of nitrogens with one attached hydrogen (secondary N) is 1. The maximum atomic E-state index is 3.23. The third kappa shape index (κ3) is 2.71. The molecular formula is C12H25N3. The lowest BCUT2D eigenvalue weighted by Gasteiger charge is -2.39. The lowest BCUT2D eigenvalue weighted by atomic mass is 9.78. The standard InChI is InChI=1S/C12H25N3/c1-13-6-10-15-8-4-12(5-9-15)3-7-14(2)11-12/h13H,3-11H2,1-2H3. The van der Waals surface area contributed by atoms with E-state index in [9.17, 15) is 0 Å². The number of likely N-dealkylation sites (N-methyl/N-ethyl adjacent to an activating group) is 1. The number of piperidine rings is 1. The second kappa shape index (κ2) is 4.81. The van der Waals surface area contributed by atoms with Gasteiger partial charge in [0.15, 0.2) is 0 Å². The van der Waals surface area contributed by atoms with Crippen LogP contribution in [0.25, 0.3) is 0 Å². The molecule has 2 fully saturated rings. The number of hydrogen-bond acceptors (Lipinski definition) is 3. The highest BCUT2D eigenvalue weighted by Gasteiger charge is 2.38. The summed E-state index contributed by atoms with van der Waals surface area (Å²) in [4.78, 5) is 5.11. The zero-order valence-corrected chi connectivity index (χ0v) is 10.3. The van der Waals surface area contributed by atoms with Crippen molar-refractivity contribution in [3.63, 3.8) is 0 Å². The molecule has 0 bridgehead atoms. The quantitative estimate of drug-likeness (QED) is 0.738. The van der Waals surface area contributed by atoms with Crippen LogP contribution in [0.4, 0.5) is 0 Å². The zero-order valence-electron chi connectivity index (χ0n) is 10.3. The maximum absolute atomic E-state index is 3.23. The third-order valence-electron chi connectivity index (χ3n) is 4.22. The smallest absolute Gasteiger partial charge is 0.0107 e. The number of rotatable bonds is 3. The van der Waals surface area contributed by atoms with Crippen LogP contribution in [0.3, 0.4) is 0 Å². The first-order chi connectivity index (χ1) is 7.24. The highest BCUT2D eigenvalue weighted by molar-refractivity contribution is 4.92. The van der Waals surface area contributed by atoms with Crippen LogP contribution in [0.5, 0.6) is 0 Å². The van der Waals surface area contributed by atoms with Gasteiger partial charge in [0.05, 0.1) is 0 Å². The van der Waals surface area contributed by atoms with Gasteiger partial charge < -0.3 is 15.1 Å². The average Bonchev–Trinajstić information content (AvgIpc) is 2.60. The first kappa shape index (κ1) is 11.4. The van der Waals surface area contributed by atoms with E-state index in [1.54, 1.807) is 0 Å². The van der Waals surface area contributed by atoms with Gasteiger partial charge in [-0.3, -0.25) is 0 Å². The number of nitrogens with zero attached hydrogens (tertiary/aromatic N) is 2. The normalized spacial score (nSPS) is 27.6. The summed E-state index contributed by atoms with van der Waals surface area (Å²) >= 11 is 0. The first-order valence-corrected chi connectivity index (χ1v) is 6.30. The average molecular weight is 211 g/mol. The largest absolute Gasteiger partial charge is 0.318 e. The Morgan fingerprint density at radius 1 is 1.13 bits per heavy atom. The van der Waals surface area contributed by atoms with Crippen molar-refractivity contribution in [3.05, 3.63) is 0 Å². The van der Waals surface area contributed by atoms with Crippen LogP contribution in [0, 0.1) is 5.41 Å². The Hall–Kier alpha value is -0.120. The first-order valence-electron chi connectivity index (χ1n) is 6.30. The van der Waals surface area contributed by atoms with Gasteiger partial charge >= 0.3 is 0 Å². The van der Waals surface area contributed by atoms with Crippen molar-refractivity contribution in [1.29, 1.82) is 0 Å². The molecule has 3 heteroatoms. The molecule has 2 aliphatic rings. The Morgan fingerprint density at radius 2 is 1.80 bits per heavy atom. The molecule has 2 saturated heterocycles. The summed E-state index contributed by atoms with van der Waals surface area (Å²) in [7, 11) is 4.31. The molecule has 3 nitrogen and oxygen atoms in total. The van der Waals surface area contributed by atoms with Crippen molar-refractivity contribution < 1.29 is 0 Å². The summed E-state index contributed by atoms with van der Waals surface area (Å²) in [6.07, 6.45) is 4.27. The van der Waals surface area contributed by atoms with Gasteiger partial charge in [-0.2, -0.15) is 0 Å². The second-order valence-corrected chi connectivity index (χ2v) is 5.43. The Balaban J connectivity index is 1.76. The van der Waals surface area contributed by atoms with Crippen LogP contribution >= 0.6 is 0 Å². The van der Waals surface area contributed by atoms with Gasteiger partial charge in [0.2, 0.25) is 0 Å². The van der Waals surface area contributed by atoms with Crippen LogP contribution in [0.1, 0.15) is 19.3 Å². The number of hydrogen-bond donors (Lipinski definition) is 1. The molecule has 1 N–H and O–H groups in total. The van der Waals surface area contributed by atoms with Gasteiger partial charge in [0.1, 0.15) is 0 Å². The summed E-state index contributed by atoms with van der Waals surface area (Å²) in [5.41, 5.74) is 0.685. The molecule has 0 radical (unpaired) electrons. The van der Waals surface area contributed by atoms with Crippen molar-refractivity contribution in [2.45, 2.75) is 19.3 Å². The fraction of sp³-hybridized carbons (Fsp3) is 1.00. The van der Waals surface area contributed by atoms with Crippen LogP contribution in [-0.2, 0) is 0 Å². The Labute approximate surface area is 93.8 Å². The molecule has 0 aromatic heterocycles. The Kier molecular flexibility index (Phi) is 3.65. The molecule has 0 unspecified atom stereocenters. The van der Waals surface area contributed by atoms with E-state index in [4.69, 9.17) is 0 Å². The zero-order chi connectivity index (χ0) is 10.7.